The Hall–Kier alpha value is -2.53. The van der Waals surface area contributed by atoms with Crippen molar-refractivity contribution in [3.05, 3.63) is 64.7 Å². The molecule has 6 heteroatoms. The predicted molar refractivity (Wildman–Crippen MR) is 96.0 cm³/mol. The van der Waals surface area contributed by atoms with Crippen LogP contribution in [0.5, 0.6) is 5.75 Å². The average Bonchev–Trinajstić information content (AvgIpc) is 2.60. The first kappa shape index (κ1) is 18.8. The van der Waals surface area contributed by atoms with Gasteiger partial charge in [0.15, 0.2) is 0 Å². The van der Waals surface area contributed by atoms with E-state index in [-0.39, 0.29) is 12.3 Å². The quantitative estimate of drug-likeness (QED) is 0.786. The lowest BCUT2D eigenvalue weighted by molar-refractivity contribution is -0.137. The molecule has 2 N–H and O–H groups in total. The highest BCUT2D eigenvalue weighted by Gasteiger charge is 2.22. The fourth-order valence-corrected chi connectivity index (χ4v) is 2.61. The zero-order valence-electron chi connectivity index (χ0n) is 14.0. The van der Waals surface area contributed by atoms with Crippen LogP contribution in [0.3, 0.4) is 0 Å². The van der Waals surface area contributed by atoms with Crippen LogP contribution in [-0.4, -0.2) is 24.1 Å². The lowest BCUT2D eigenvalue weighted by Gasteiger charge is -2.21. The standard InChI is InChI=1S/C19H20ClNO4/c1-12(14-4-3-5-16(10-14)25-2)19(24)21-17(11-18(22)23)13-6-8-15(20)9-7-13/h3-10,12,17H,11H2,1-2H3,(H,21,24)(H,22,23)/t12?,17-/m0/s1. The predicted octanol–water partition coefficient (Wildman–Crippen LogP) is 3.78. The van der Waals surface area contributed by atoms with E-state index >= 15 is 0 Å². The Morgan fingerprint density at radius 2 is 1.84 bits per heavy atom. The second kappa shape index (κ2) is 8.53. The minimum absolute atomic E-state index is 0.210. The van der Waals surface area contributed by atoms with E-state index < -0.39 is 17.9 Å². The van der Waals surface area contributed by atoms with Gasteiger partial charge in [0.1, 0.15) is 5.75 Å². The summed E-state index contributed by atoms with van der Waals surface area (Å²) < 4.78 is 5.18. The van der Waals surface area contributed by atoms with Crippen LogP contribution in [-0.2, 0) is 9.59 Å². The molecule has 132 valence electrons. The van der Waals surface area contributed by atoms with Crippen molar-refractivity contribution in [2.75, 3.05) is 7.11 Å². The Labute approximate surface area is 151 Å². The molecule has 2 rings (SSSR count). The van der Waals surface area contributed by atoms with E-state index in [1.807, 2.05) is 12.1 Å². The van der Waals surface area contributed by atoms with Gasteiger partial charge in [-0.05, 0) is 42.3 Å². The molecule has 2 atom stereocenters. The summed E-state index contributed by atoms with van der Waals surface area (Å²) in [6, 6.07) is 13.4. The van der Waals surface area contributed by atoms with E-state index in [1.54, 1.807) is 50.4 Å². The topological polar surface area (TPSA) is 75.6 Å². The molecule has 0 fully saturated rings. The van der Waals surface area contributed by atoms with Gasteiger partial charge in [0, 0.05) is 5.02 Å². The summed E-state index contributed by atoms with van der Waals surface area (Å²) in [5.74, 6) is -1.03. The molecule has 5 nitrogen and oxygen atoms in total. The lowest BCUT2D eigenvalue weighted by atomic mass is 9.98. The Bertz CT molecular complexity index is 745. The third kappa shape index (κ3) is 5.22. The fourth-order valence-electron chi connectivity index (χ4n) is 2.48. The Kier molecular flexibility index (Phi) is 6.42. The number of halogens is 1. The van der Waals surface area contributed by atoms with Gasteiger partial charge in [-0.1, -0.05) is 35.9 Å². The number of aliphatic carboxylic acids is 1. The number of carbonyl (C=O) groups excluding carboxylic acids is 1. The van der Waals surface area contributed by atoms with E-state index in [2.05, 4.69) is 5.32 Å². The van der Waals surface area contributed by atoms with Crippen molar-refractivity contribution in [3.63, 3.8) is 0 Å². The van der Waals surface area contributed by atoms with Crippen LogP contribution in [0.2, 0.25) is 5.02 Å². The van der Waals surface area contributed by atoms with Crippen molar-refractivity contribution in [1.29, 1.82) is 0 Å². The molecule has 0 aliphatic carbocycles. The first-order valence-corrected chi connectivity index (χ1v) is 8.20. The maximum atomic E-state index is 12.6. The highest BCUT2D eigenvalue weighted by atomic mass is 35.5. The van der Waals surface area contributed by atoms with Crippen LogP contribution in [0.4, 0.5) is 0 Å². The smallest absolute Gasteiger partial charge is 0.305 e. The number of carbonyl (C=O) groups is 2. The largest absolute Gasteiger partial charge is 0.497 e. The number of carboxylic acid groups (broad SMARTS) is 1. The van der Waals surface area contributed by atoms with Crippen LogP contribution < -0.4 is 10.1 Å². The molecule has 0 saturated carbocycles. The Morgan fingerprint density at radius 1 is 1.16 bits per heavy atom. The van der Waals surface area contributed by atoms with Crippen molar-refractivity contribution in [3.8, 4) is 5.75 Å². The fraction of sp³-hybridized carbons (Fsp3) is 0.263. The molecule has 1 amide bonds. The molecule has 1 unspecified atom stereocenters. The number of methoxy groups -OCH3 is 1. The van der Waals surface area contributed by atoms with E-state index in [1.165, 1.54) is 0 Å². The van der Waals surface area contributed by atoms with Gasteiger partial charge in [0.05, 0.1) is 25.5 Å². The summed E-state index contributed by atoms with van der Waals surface area (Å²) in [5, 5.41) is 12.5. The van der Waals surface area contributed by atoms with Crippen molar-refractivity contribution in [2.45, 2.75) is 25.3 Å². The van der Waals surface area contributed by atoms with Gasteiger partial charge in [-0.2, -0.15) is 0 Å². The number of benzene rings is 2. The van der Waals surface area contributed by atoms with Crippen LogP contribution in [0.25, 0.3) is 0 Å². The summed E-state index contributed by atoms with van der Waals surface area (Å²) in [7, 11) is 1.56. The number of nitrogens with one attached hydrogen (secondary N) is 1. The Morgan fingerprint density at radius 3 is 2.44 bits per heavy atom. The van der Waals surface area contributed by atoms with Gasteiger partial charge < -0.3 is 15.2 Å². The molecule has 0 aromatic heterocycles. The molecule has 2 aromatic rings. The molecule has 0 bridgehead atoms. The SMILES string of the molecule is COc1cccc(C(C)C(=O)N[C@@H](CC(=O)O)c2ccc(Cl)cc2)c1. The molecule has 0 radical (unpaired) electrons. The number of ether oxygens (including phenoxy) is 1. The first-order valence-electron chi connectivity index (χ1n) is 7.82. The highest BCUT2D eigenvalue weighted by Crippen LogP contribution is 2.24. The monoisotopic (exact) mass is 361 g/mol. The second-order valence-corrected chi connectivity index (χ2v) is 6.15. The third-order valence-electron chi connectivity index (χ3n) is 3.95. The minimum atomic E-state index is -0.991. The molecule has 0 saturated heterocycles. The zero-order valence-corrected chi connectivity index (χ0v) is 14.8. The minimum Gasteiger partial charge on any atom is -0.497 e. The van der Waals surface area contributed by atoms with E-state index in [0.717, 1.165) is 5.56 Å². The number of rotatable bonds is 7. The zero-order chi connectivity index (χ0) is 18.4. The van der Waals surface area contributed by atoms with Crippen molar-refractivity contribution < 1.29 is 19.4 Å². The Balaban J connectivity index is 2.17. The first-order chi connectivity index (χ1) is 11.9. The van der Waals surface area contributed by atoms with Crippen molar-refractivity contribution in [2.24, 2.45) is 0 Å². The van der Waals surface area contributed by atoms with Crippen molar-refractivity contribution in [1.82, 2.24) is 5.32 Å². The molecule has 0 aliphatic rings. The number of carboxylic acids is 1. The summed E-state index contributed by atoms with van der Waals surface area (Å²) >= 11 is 5.87. The number of hydrogen-bond donors (Lipinski definition) is 2. The third-order valence-corrected chi connectivity index (χ3v) is 4.21. The maximum Gasteiger partial charge on any atom is 0.305 e. The van der Waals surface area contributed by atoms with E-state index in [0.29, 0.717) is 16.3 Å². The van der Waals surface area contributed by atoms with E-state index in [4.69, 9.17) is 21.4 Å². The summed E-state index contributed by atoms with van der Waals surface area (Å²) in [6.07, 6.45) is -0.210. The maximum absolute atomic E-state index is 12.6. The van der Waals surface area contributed by atoms with Gasteiger partial charge in [0.25, 0.3) is 0 Å². The van der Waals surface area contributed by atoms with Crippen LogP contribution in [0, 0.1) is 0 Å². The van der Waals surface area contributed by atoms with E-state index in [9.17, 15) is 9.59 Å². The lowest BCUT2D eigenvalue weighted by Crippen LogP contribution is -2.33. The molecular weight excluding hydrogens is 342 g/mol. The average molecular weight is 362 g/mol. The van der Waals surface area contributed by atoms with Gasteiger partial charge in [0.2, 0.25) is 5.91 Å². The molecule has 0 heterocycles. The van der Waals surface area contributed by atoms with Gasteiger partial charge in [-0.25, -0.2) is 0 Å². The summed E-state index contributed by atoms with van der Waals surface area (Å²) in [4.78, 5) is 23.8. The van der Waals surface area contributed by atoms with Crippen molar-refractivity contribution >= 4 is 23.5 Å². The van der Waals surface area contributed by atoms with Crippen LogP contribution in [0.1, 0.15) is 36.4 Å². The highest BCUT2D eigenvalue weighted by molar-refractivity contribution is 6.30. The normalized spacial score (nSPS) is 12.9. The van der Waals surface area contributed by atoms with Gasteiger partial charge >= 0.3 is 5.97 Å². The number of hydrogen-bond acceptors (Lipinski definition) is 3. The molecule has 25 heavy (non-hydrogen) atoms. The molecular formula is C19H20ClNO4. The molecule has 0 spiro atoms. The second-order valence-electron chi connectivity index (χ2n) is 5.71. The molecule has 2 aromatic carbocycles. The van der Waals surface area contributed by atoms with Gasteiger partial charge in [-0.15, -0.1) is 0 Å². The molecule has 0 aliphatic heterocycles. The number of amides is 1. The van der Waals surface area contributed by atoms with Crippen LogP contribution >= 0.6 is 11.6 Å². The summed E-state index contributed by atoms with van der Waals surface area (Å²) in [6.45, 7) is 1.77. The van der Waals surface area contributed by atoms with Gasteiger partial charge in [-0.3, -0.25) is 9.59 Å². The van der Waals surface area contributed by atoms with Crippen LogP contribution in [0.15, 0.2) is 48.5 Å². The summed E-state index contributed by atoms with van der Waals surface area (Å²) in [5.41, 5.74) is 1.49.